The Morgan fingerprint density at radius 1 is 1.50 bits per heavy atom. The molecule has 14 heavy (non-hydrogen) atoms. The molecule has 0 aromatic rings. The molecule has 0 radical (unpaired) electrons. The summed E-state index contributed by atoms with van der Waals surface area (Å²) in [5.74, 6) is -1.06. The molecule has 2 atom stereocenters. The maximum Gasteiger partial charge on any atom is 0.322 e. The molecule has 2 N–H and O–H groups in total. The van der Waals surface area contributed by atoms with Gasteiger partial charge in [-0.15, -0.1) is 0 Å². The number of nitrogens with one attached hydrogen (secondary N) is 1. The SMILES string of the molecule is COC(=O)C1CCC(CCC(=O)O)N1. The summed E-state index contributed by atoms with van der Waals surface area (Å²) in [6, 6.07) is -0.117. The van der Waals surface area contributed by atoms with Crippen LogP contribution in [0, 0.1) is 0 Å². The molecule has 0 aromatic heterocycles. The van der Waals surface area contributed by atoms with Gasteiger partial charge in [-0.25, -0.2) is 0 Å². The van der Waals surface area contributed by atoms with Crippen molar-refractivity contribution in [3.05, 3.63) is 0 Å². The monoisotopic (exact) mass is 201 g/mol. The molecule has 1 heterocycles. The molecule has 1 aliphatic rings. The first-order valence-corrected chi connectivity index (χ1v) is 4.69. The van der Waals surface area contributed by atoms with Gasteiger partial charge in [0, 0.05) is 12.5 Å². The van der Waals surface area contributed by atoms with Crippen LogP contribution in [0.2, 0.25) is 0 Å². The summed E-state index contributed by atoms with van der Waals surface area (Å²) < 4.78 is 4.59. The number of carbonyl (C=O) groups is 2. The van der Waals surface area contributed by atoms with Gasteiger partial charge >= 0.3 is 11.9 Å². The number of carboxylic acid groups (broad SMARTS) is 1. The number of hydrogen-bond donors (Lipinski definition) is 2. The molecule has 5 nitrogen and oxygen atoms in total. The minimum atomic E-state index is -0.798. The van der Waals surface area contributed by atoms with Crippen LogP contribution in [-0.4, -0.2) is 36.2 Å². The molecule has 0 aliphatic carbocycles. The largest absolute Gasteiger partial charge is 0.481 e. The summed E-state index contributed by atoms with van der Waals surface area (Å²) in [6.45, 7) is 0. The zero-order chi connectivity index (χ0) is 10.6. The fourth-order valence-electron chi connectivity index (χ4n) is 1.67. The third-order valence-corrected chi connectivity index (χ3v) is 2.43. The first kappa shape index (κ1) is 11.0. The van der Waals surface area contributed by atoms with Gasteiger partial charge in [0.25, 0.3) is 0 Å². The van der Waals surface area contributed by atoms with Crippen LogP contribution >= 0.6 is 0 Å². The lowest BCUT2D eigenvalue weighted by Crippen LogP contribution is -2.36. The van der Waals surface area contributed by atoms with E-state index in [1.165, 1.54) is 7.11 Å². The zero-order valence-electron chi connectivity index (χ0n) is 8.16. The van der Waals surface area contributed by atoms with Crippen molar-refractivity contribution < 1.29 is 19.4 Å². The Morgan fingerprint density at radius 3 is 2.79 bits per heavy atom. The number of carboxylic acids is 1. The van der Waals surface area contributed by atoms with Crippen LogP contribution in [0.15, 0.2) is 0 Å². The van der Waals surface area contributed by atoms with Crippen molar-refractivity contribution in [1.29, 1.82) is 0 Å². The van der Waals surface area contributed by atoms with Gasteiger partial charge < -0.3 is 15.2 Å². The highest BCUT2D eigenvalue weighted by Gasteiger charge is 2.29. The second-order valence-corrected chi connectivity index (χ2v) is 3.45. The maximum atomic E-state index is 11.1. The van der Waals surface area contributed by atoms with Crippen LogP contribution in [0.4, 0.5) is 0 Å². The van der Waals surface area contributed by atoms with E-state index < -0.39 is 5.97 Å². The van der Waals surface area contributed by atoms with E-state index in [2.05, 4.69) is 10.1 Å². The Morgan fingerprint density at radius 2 is 2.21 bits per heavy atom. The number of methoxy groups -OCH3 is 1. The van der Waals surface area contributed by atoms with Gasteiger partial charge in [0.1, 0.15) is 6.04 Å². The van der Waals surface area contributed by atoms with E-state index in [0.29, 0.717) is 6.42 Å². The second kappa shape index (κ2) is 4.95. The molecular weight excluding hydrogens is 186 g/mol. The van der Waals surface area contributed by atoms with Crippen molar-refractivity contribution in [1.82, 2.24) is 5.32 Å². The maximum absolute atomic E-state index is 11.1. The molecule has 0 bridgehead atoms. The lowest BCUT2D eigenvalue weighted by molar-refractivity contribution is -0.142. The quantitative estimate of drug-likeness (QED) is 0.633. The van der Waals surface area contributed by atoms with Gasteiger partial charge in [0.05, 0.1) is 7.11 Å². The van der Waals surface area contributed by atoms with Crippen molar-refractivity contribution in [2.24, 2.45) is 0 Å². The molecule has 1 rings (SSSR count). The highest BCUT2D eigenvalue weighted by molar-refractivity contribution is 5.76. The lowest BCUT2D eigenvalue weighted by atomic mass is 10.1. The predicted octanol–water partition coefficient (Wildman–Crippen LogP) is 0.145. The minimum Gasteiger partial charge on any atom is -0.481 e. The average Bonchev–Trinajstić information content (AvgIpc) is 2.62. The van der Waals surface area contributed by atoms with E-state index in [1.807, 2.05) is 0 Å². The first-order valence-electron chi connectivity index (χ1n) is 4.69. The molecule has 0 aromatic carbocycles. The number of ether oxygens (including phenoxy) is 1. The summed E-state index contributed by atoms with van der Waals surface area (Å²) in [7, 11) is 1.36. The van der Waals surface area contributed by atoms with Gasteiger partial charge in [-0.05, 0) is 19.3 Å². The van der Waals surface area contributed by atoms with Crippen LogP contribution in [0.3, 0.4) is 0 Å². The fourth-order valence-corrected chi connectivity index (χ4v) is 1.67. The average molecular weight is 201 g/mol. The normalized spacial score (nSPS) is 26.1. The lowest BCUT2D eigenvalue weighted by Gasteiger charge is -2.11. The molecule has 0 saturated carbocycles. The number of aliphatic carboxylic acids is 1. The molecule has 80 valence electrons. The molecule has 0 amide bonds. The molecule has 0 spiro atoms. The highest BCUT2D eigenvalue weighted by atomic mass is 16.5. The Bertz CT molecular complexity index is 229. The van der Waals surface area contributed by atoms with E-state index in [-0.39, 0.29) is 24.5 Å². The van der Waals surface area contributed by atoms with Gasteiger partial charge in [0.2, 0.25) is 0 Å². The van der Waals surface area contributed by atoms with Crippen LogP contribution in [0.25, 0.3) is 0 Å². The summed E-state index contributed by atoms with van der Waals surface area (Å²) in [6.07, 6.45) is 2.29. The van der Waals surface area contributed by atoms with E-state index >= 15 is 0 Å². The van der Waals surface area contributed by atoms with Gasteiger partial charge in [0.15, 0.2) is 0 Å². The van der Waals surface area contributed by atoms with E-state index in [1.54, 1.807) is 0 Å². The number of carbonyl (C=O) groups excluding carboxylic acids is 1. The predicted molar refractivity (Wildman–Crippen MR) is 48.8 cm³/mol. The summed E-state index contributed by atoms with van der Waals surface area (Å²) in [5, 5.41) is 11.5. The highest BCUT2D eigenvalue weighted by Crippen LogP contribution is 2.17. The molecule has 1 aliphatic heterocycles. The van der Waals surface area contributed by atoms with Gasteiger partial charge in [-0.1, -0.05) is 0 Å². The summed E-state index contributed by atoms with van der Waals surface area (Å²) >= 11 is 0. The Kier molecular flexibility index (Phi) is 3.88. The smallest absolute Gasteiger partial charge is 0.322 e. The van der Waals surface area contributed by atoms with Gasteiger partial charge in [-0.2, -0.15) is 0 Å². The Labute approximate surface area is 82.4 Å². The van der Waals surface area contributed by atoms with Crippen LogP contribution in [0.1, 0.15) is 25.7 Å². The van der Waals surface area contributed by atoms with Crippen LogP contribution < -0.4 is 5.32 Å². The number of hydrogen-bond acceptors (Lipinski definition) is 4. The van der Waals surface area contributed by atoms with Crippen molar-refractivity contribution in [3.63, 3.8) is 0 Å². The minimum absolute atomic E-state index is 0.134. The fraction of sp³-hybridized carbons (Fsp3) is 0.778. The molecule has 1 saturated heterocycles. The number of esters is 1. The summed E-state index contributed by atoms with van der Waals surface area (Å²) in [4.78, 5) is 21.4. The molecule has 5 heteroatoms. The first-order chi connectivity index (χ1) is 6.63. The van der Waals surface area contributed by atoms with Gasteiger partial charge in [-0.3, -0.25) is 9.59 Å². The van der Waals surface area contributed by atoms with Crippen molar-refractivity contribution in [3.8, 4) is 0 Å². The van der Waals surface area contributed by atoms with E-state index in [0.717, 1.165) is 12.8 Å². The standard InChI is InChI=1S/C9H15NO4/c1-14-9(13)7-4-2-6(10-7)3-5-8(11)12/h6-7,10H,2-5H2,1H3,(H,11,12). The van der Waals surface area contributed by atoms with Crippen molar-refractivity contribution in [2.45, 2.75) is 37.8 Å². The molecule has 1 fully saturated rings. The van der Waals surface area contributed by atoms with Crippen LogP contribution in [-0.2, 0) is 14.3 Å². The van der Waals surface area contributed by atoms with Crippen molar-refractivity contribution >= 4 is 11.9 Å². The Balaban J connectivity index is 2.27. The van der Waals surface area contributed by atoms with Crippen molar-refractivity contribution in [2.75, 3.05) is 7.11 Å². The molecular formula is C9H15NO4. The zero-order valence-corrected chi connectivity index (χ0v) is 8.16. The third kappa shape index (κ3) is 2.99. The summed E-state index contributed by atoms with van der Waals surface area (Å²) in [5.41, 5.74) is 0. The third-order valence-electron chi connectivity index (χ3n) is 2.43. The Hall–Kier alpha value is -1.10. The number of rotatable bonds is 4. The van der Waals surface area contributed by atoms with E-state index in [9.17, 15) is 9.59 Å². The topological polar surface area (TPSA) is 75.6 Å². The van der Waals surface area contributed by atoms with Crippen LogP contribution in [0.5, 0.6) is 0 Å². The second-order valence-electron chi connectivity index (χ2n) is 3.45. The molecule has 2 unspecified atom stereocenters. The van der Waals surface area contributed by atoms with E-state index in [4.69, 9.17) is 5.11 Å².